The Morgan fingerprint density at radius 2 is 1.62 bits per heavy atom. The van der Waals surface area contributed by atoms with Crippen LogP contribution in [-0.2, 0) is 0 Å². The highest BCUT2D eigenvalue weighted by Gasteiger charge is 2.18. The molecule has 0 radical (unpaired) electrons. The fraction of sp³-hybridized carbons (Fsp3) is 0.150. The van der Waals surface area contributed by atoms with E-state index in [9.17, 15) is 0 Å². The van der Waals surface area contributed by atoms with E-state index >= 15 is 0 Å². The summed E-state index contributed by atoms with van der Waals surface area (Å²) in [7, 11) is 0. The average Bonchev–Trinajstić information content (AvgIpc) is 2.86. The monoisotopic (exact) mass is 273 g/mol. The molecule has 0 spiro atoms. The van der Waals surface area contributed by atoms with Gasteiger partial charge in [-0.15, -0.1) is 0 Å². The molecule has 2 aromatic carbocycles. The molecule has 0 heterocycles. The molecule has 0 fully saturated rings. The summed E-state index contributed by atoms with van der Waals surface area (Å²) in [6, 6.07) is 18.6. The second kappa shape index (κ2) is 5.92. The molecule has 1 unspecified atom stereocenters. The van der Waals surface area contributed by atoms with E-state index in [-0.39, 0.29) is 0 Å². The highest BCUT2D eigenvalue weighted by Crippen LogP contribution is 2.34. The van der Waals surface area contributed by atoms with Gasteiger partial charge in [0.1, 0.15) is 0 Å². The van der Waals surface area contributed by atoms with Crippen LogP contribution in [-0.4, -0.2) is 6.21 Å². The lowest BCUT2D eigenvalue weighted by atomic mass is 9.90. The Hall–Kier alpha value is -2.41. The molecule has 1 nitrogen and oxygen atoms in total. The van der Waals surface area contributed by atoms with Gasteiger partial charge < -0.3 is 0 Å². The number of aliphatic imine (C=N–C) groups is 1. The lowest BCUT2D eigenvalue weighted by Gasteiger charge is -2.14. The summed E-state index contributed by atoms with van der Waals surface area (Å²) in [5.41, 5.74) is 6.29. The minimum absolute atomic E-state index is 0.378. The summed E-state index contributed by atoms with van der Waals surface area (Å²) in [5.74, 6) is 0.378. The third-order valence-electron chi connectivity index (χ3n) is 4.07. The van der Waals surface area contributed by atoms with Crippen LogP contribution < -0.4 is 0 Å². The van der Waals surface area contributed by atoms with Gasteiger partial charge in [-0.05, 0) is 37.1 Å². The molecule has 0 amide bonds. The Kier molecular flexibility index (Phi) is 3.83. The zero-order chi connectivity index (χ0) is 14.7. The Bertz CT molecular complexity index is 721. The highest BCUT2D eigenvalue weighted by molar-refractivity contribution is 5.84. The van der Waals surface area contributed by atoms with Crippen LogP contribution in [0, 0.1) is 0 Å². The van der Waals surface area contributed by atoms with Gasteiger partial charge >= 0.3 is 0 Å². The number of nitrogens with zero attached hydrogens (tertiary/aromatic N) is 1. The average molecular weight is 273 g/mol. The Morgan fingerprint density at radius 3 is 2.33 bits per heavy atom. The number of allylic oxidation sites excluding steroid dienone is 4. The first-order chi connectivity index (χ1) is 10.3. The number of para-hydroxylation sites is 1. The van der Waals surface area contributed by atoms with E-state index in [0.717, 1.165) is 5.69 Å². The van der Waals surface area contributed by atoms with Gasteiger partial charge in [0.05, 0.1) is 5.69 Å². The molecule has 21 heavy (non-hydrogen) atoms. The molecule has 0 bridgehead atoms. The molecular formula is C20H19N. The van der Waals surface area contributed by atoms with E-state index in [1.54, 1.807) is 0 Å². The quantitative estimate of drug-likeness (QED) is 0.661. The van der Waals surface area contributed by atoms with Crippen LogP contribution in [0.1, 0.15) is 30.9 Å². The second-order valence-electron chi connectivity index (χ2n) is 5.43. The van der Waals surface area contributed by atoms with Gasteiger partial charge in [-0.25, -0.2) is 0 Å². The number of rotatable bonds is 3. The summed E-state index contributed by atoms with van der Waals surface area (Å²) < 4.78 is 0. The summed E-state index contributed by atoms with van der Waals surface area (Å²) in [5, 5.41) is 0. The lowest BCUT2D eigenvalue weighted by Crippen LogP contribution is -2.00. The lowest BCUT2D eigenvalue weighted by molar-refractivity contribution is 1.000. The highest BCUT2D eigenvalue weighted by atomic mass is 14.7. The summed E-state index contributed by atoms with van der Waals surface area (Å²) >= 11 is 0. The first-order valence-electron chi connectivity index (χ1n) is 7.29. The van der Waals surface area contributed by atoms with Crippen LogP contribution >= 0.6 is 0 Å². The van der Waals surface area contributed by atoms with Gasteiger partial charge in [0.2, 0.25) is 0 Å². The van der Waals surface area contributed by atoms with E-state index in [4.69, 9.17) is 0 Å². The molecule has 0 aliphatic heterocycles. The van der Waals surface area contributed by atoms with Crippen LogP contribution in [0.25, 0.3) is 0 Å². The van der Waals surface area contributed by atoms with E-state index < -0.39 is 0 Å². The van der Waals surface area contributed by atoms with E-state index in [0.29, 0.717) is 5.92 Å². The number of hydrogen-bond donors (Lipinski definition) is 0. The Labute approximate surface area is 126 Å². The van der Waals surface area contributed by atoms with Gasteiger partial charge in [0.25, 0.3) is 0 Å². The number of hydrogen-bond acceptors (Lipinski definition) is 1. The third kappa shape index (κ3) is 2.87. The third-order valence-corrected chi connectivity index (χ3v) is 4.07. The molecule has 0 aromatic heterocycles. The molecule has 1 atom stereocenters. The van der Waals surface area contributed by atoms with Crippen LogP contribution in [0.5, 0.6) is 0 Å². The minimum atomic E-state index is 0.378. The molecule has 3 rings (SSSR count). The molecular weight excluding hydrogens is 254 g/mol. The SMILES string of the molecule is CC1=C(C)C(c2ccccc2C=Nc2ccccc2)C=C1. The molecule has 1 aliphatic rings. The zero-order valence-electron chi connectivity index (χ0n) is 12.5. The van der Waals surface area contributed by atoms with E-state index in [2.05, 4.69) is 55.3 Å². The molecule has 0 saturated heterocycles. The zero-order valence-corrected chi connectivity index (χ0v) is 12.5. The van der Waals surface area contributed by atoms with Crippen molar-refractivity contribution in [1.82, 2.24) is 0 Å². The smallest absolute Gasteiger partial charge is 0.0629 e. The first kappa shape index (κ1) is 13.6. The van der Waals surface area contributed by atoms with Gasteiger partial charge in [0.15, 0.2) is 0 Å². The van der Waals surface area contributed by atoms with E-state index in [1.807, 2.05) is 36.5 Å². The maximum Gasteiger partial charge on any atom is 0.0629 e. The topological polar surface area (TPSA) is 12.4 Å². The van der Waals surface area contributed by atoms with Crippen molar-refractivity contribution in [3.63, 3.8) is 0 Å². The van der Waals surface area contributed by atoms with E-state index in [1.165, 1.54) is 22.3 Å². The first-order valence-corrected chi connectivity index (χ1v) is 7.29. The van der Waals surface area contributed by atoms with Crippen molar-refractivity contribution >= 4 is 11.9 Å². The van der Waals surface area contributed by atoms with Crippen LogP contribution in [0.3, 0.4) is 0 Å². The van der Waals surface area contributed by atoms with Gasteiger partial charge in [-0.3, -0.25) is 4.99 Å². The standard InChI is InChI=1S/C20H19N/c1-15-12-13-19(16(15)2)20-11-7-6-8-17(20)14-21-18-9-4-3-5-10-18/h3-14,19H,1-2H3. The van der Waals surface area contributed by atoms with Crippen molar-refractivity contribution in [1.29, 1.82) is 0 Å². The normalized spacial score (nSPS) is 17.9. The predicted octanol–water partition coefficient (Wildman–Crippen LogP) is 5.43. The van der Waals surface area contributed by atoms with Crippen LogP contribution in [0.2, 0.25) is 0 Å². The summed E-state index contributed by atoms with van der Waals surface area (Å²) in [6.45, 7) is 4.39. The largest absolute Gasteiger partial charge is 0.256 e. The number of benzene rings is 2. The van der Waals surface area contributed by atoms with Crippen molar-refractivity contribution in [2.45, 2.75) is 19.8 Å². The summed E-state index contributed by atoms with van der Waals surface area (Å²) in [6.07, 6.45) is 6.46. The maximum atomic E-state index is 4.59. The maximum absolute atomic E-state index is 4.59. The molecule has 1 aliphatic carbocycles. The van der Waals surface area contributed by atoms with Crippen LogP contribution in [0.4, 0.5) is 5.69 Å². The van der Waals surface area contributed by atoms with Crippen molar-refractivity contribution in [3.05, 3.63) is 89.0 Å². The minimum Gasteiger partial charge on any atom is -0.256 e. The molecule has 0 N–H and O–H groups in total. The molecule has 2 aromatic rings. The van der Waals surface area contributed by atoms with Gasteiger partial charge in [-0.2, -0.15) is 0 Å². The van der Waals surface area contributed by atoms with Crippen molar-refractivity contribution in [3.8, 4) is 0 Å². The molecule has 0 saturated carbocycles. The van der Waals surface area contributed by atoms with Crippen LogP contribution in [0.15, 0.2) is 82.9 Å². The fourth-order valence-corrected chi connectivity index (χ4v) is 2.67. The van der Waals surface area contributed by atoms with Gasteiger partial charge in [0, 0.05) is 12.1 Å². The fourth-order valence-electron chi connectivity index (χ4n) is 2.67. The Balaban J connectivity index is 1.94. The molecule has 104 valence electrons. The van der Waals surface area contributed by atoms with Crippen molar-refractivity contribution < 1.29 is 0 Å². The van der Waals surface area contributed by atoms with Crippen molar-refractivity contribution in [2.24, 2.45) is 4.99 Å². The van der Waals surface area contributed by atoms with Crippen molar-refractivity contribution in [2.75, 3.05) is 0 Å². The molecule has 1 heteroatoms. The predicted molar refractivity (Wildman–Crippen MR) is 90.4 cm³/mol. The Morgan fingerprint density at radius 1 is 0.905 bits per heavy atom. The summed E-state index contributed by atoms with van der Waals surface area (Å²) in [4.78, 5) is 4.59. The van der Waals surface area contributed by atoms with Gasteiger partial charge in [-0.1, -0.05) is 65.8 Å². The second-order valence-corrected chi connectivity index (χ2v) is 5.43.